The van der Waals surface area contributed by atoms with Crippen LogP contribution in [0.25, 0.3) is 10.6 Å². The van der Waals surface area contributed by atoms with E-state index in [0.29, 0.717) is 6.42 Å². The standard InChI is InChI=1S/C11H10N2OS/c1-8-12-7-11(15-8)10-3-2-9(4-5-14)6-13-10/h2-3,5-7H,4H2,1H3. The van der Waals surface area contributed by atoms with Crippen LogP contribution in [0.15, 0.2) is 24.5 Å². The van der Waals surface area contributed by atoms with Gasteiger partial charge in [-0.3, -0.25) is 4.98 Å². The normalized spacial score (nSPS) is 10.2. The molecule has 15 heavy (non-hydrogen) atoms. The molecule has 2 aromatic rings. The average Bonchev–Trinajstić information content (AvgIpc) is 2.67. The monoisotopic (exact) mass is 218 g/mol. The third kappa shape index (κ3) is 2.27. The van der Waals surface area contributed by atoms with Crippen molar-refractivity contribution in [1.29, 1.82) is 0 Å². The molecule has 0 saturated carbocycles. The molecule has 0 spiro atoms. The number of rotatable bonds is 3. The molecular weight excluding hydrogens is 208 g/mol. The molecule has 0 atom stereocenters. The van der Waals surface area contributed by atoms with Crippen molar-refractivity contribution in [1.82, 2.24) is 9.97 Å². The van der Waals surface area contributed by atoms with E-state index in [1.807, 2.05) is 25.3 Å². The van der Waals surface area contributed by atoms with Crippen LogP contribution in [0, 0.1) is 6.92 Å². The topological polar surface area (TPSA) is 42.9 Å². The lowest BCUT2D eigenvalue weighted by Crippen LogP contribution is -1.88. The van der Waals surface area contributed by atoms with Gasteiger partial charge in [0, 0.05) is 18.8 Å². The van der Waals surface area contributed by atoms with Gasteiger partial charge >= 0.3 is 0 Å². The van der Waals surface area contributed by atoms with Crippen LogP contribution in [0.4, 0.5) is 0 Å². The van der Waals surface area contributed by atoms with Crippen molar-refractivity contribution in [2.24, 2.45) is 0 Å². The first-order chi connectivity index (χ1) is 7.29. The van der Waals surface area contributed by atoms with Gasteiger partial charge in [0.15, 0.2) is 0 Å². The molecule has 0 N–H and O–H groups in total. The third-order valence-corrected chi connectivity index (χ3v) is 2.95. The van der Waals surface area contributed by atoms with Gasteiger partial charge in [-0.15, -0.1) is 11.3 Å². The predicted molar refractivity (Wildman–Crippen MR) is 59.9 cm³/mol. The Bertz CT molecular complexity index is 462. The lowest BCUT2D eigenvalue weighted by atomic mass is 10.2. The summed E-state index contributed by atoms with van der Waals surface area (Å²) in [5.74, 6) is 0. The van der Waals surface area contributed by atoms with Crippen LogP contribution in [0.3, 0.4) is 0 Å². The number of hydrogen-bond acceptors (Lipinski definition) is 4. The number of pyridine rings is 1. The summed E-state index contributed by atoms with van der Waals surface area (Å²) in [5.41, 5.74) is 1.85. The largest absolute Gasteiger partial charge is 0.303 e. The Kier molecular flexibility index (Phi) is 2.87. The Morgan fingerprint density at radius 1 is 1.33 bits per heavy atom. The summed E-state index contributed by atoms with van der Waals surface area (Å²) in [5, 5.41) is 1.03. The second-order valence-electron chi connectivity index (χ2n) is 3.17. The molecule has 0 aromatic carbocycles. The van der Waals surface area contributed by atoms with Crippen molar-refractivity contribution in [3.05, 3.63) is 35.1 Å². The minimum atomic E-state index is 0.426. The molecule has 2 heterocycles. The Balaban J connectivity index is 2.27. The maximum absolute atomic E-state index is 10.3. The first-order valence-electron chi connectivity index (χ1n) is 4.61. The average molecular weight is 218 g/mol. The number of carbonyl (C=O) groups excluding carboxylic acids is 1. The third-order valence-electron chi connectivity index (χ3n) is 2.02. The second-order valence-corrected chi connectivity index (χ2v) is 4.40. The fourth-order valence-corrected chi connectivity index (χ4v) is 2.02. The molecule has 2 aromatic heterocycles. The summed E-state index contributed by atoms with van der Waals surface area (Å²) in [4.78, 5) is 19.8. The molecule has 3 nitrogen and oxygen atoms in total. The molecule has 0 aliphatic carbocycles. The Morgan fingerprint density at radius 3 is 2.73 bits per heavy atom. The van der Waals surface area contributed by atoms with Crippen molar-refractivity contribution in [3.8, 4) is 10.6 Å². The molecular formula is C11H10N2OS. The van der Waals surface area contributed by atoms with Gasteiger partial charge in [0.25, 0.3) is 0 Å². The van der Waals surface area contributed by atoms with Crippen molar-refractivity contribution in [3.63, 3.8) is 0 Å². The zero-order chi connectivity index (χ0) is 10.7. The summed E-state index contributed by atoms with van der Waals surface area (Å²) in [6.45, 7) is 1.97. The van der Waals surface area contributed by atoms with Crippen molar-refractivity contribution < 1.29 is 4.79 Å². The SMILES string of the molecule is Cc1ncc(-c2ccc(CC=O)cn2)s1. The highest BCUT2D eigenvalue weighted by molar-refractivity contribution is 7.15. The number of thiazole rings is 1. The van der Waals surface area contributed by atoms with E-state index < -0.39 is 0 Å². The zero-order valence-electron chi connectivity index (χ0n) is 8.30. The number of carbonyl (C=O) groups is 1. The highest BCUT2D eigenvalue weighted by Crippen LogP contribution is 2.23. The molecule has 0 radical (unpaired) electrons. The van der Waals surface area contributed by atoms with E-state index in [9.17, 15) is 4.79 Å². The van der Waals surface area contributed by atoms with E-state index in [1.54, 1.807) is 17.5 Å². The van der Waals surface area contributed by atoms with Crippen molar-refractivity contribution in [2.75, 3.05) is 0 Å². The van der Waals surface area contributed by atoms with E-state index in [4.69, 9.17) is 0 Å². The summed E-state index contributed by atoms with van der Waals surface area (Å²) in [6, 6.07) is 3.84. The summed E-state index contributed by atoms with van der Waals surface area (Å²) >= 11 is 1.62. The molecule has 0 saturated heterocycles. The predicted octanol–water partition coefficient (Wildman–Crippen LogP) is 2.25. The lowest BCUT2D eigenvalue weighted by Gasteiger charge is -1.97. The van der Waals surface area contributed by atoms with Crippen LogP contribution in [-0.2, 0) is 11.2 Å². The van der Waals surface area contributed by atoms with Gasteiger partial charge < -0.3 is 4.79 Å². The molecule has 0 aliphatic rings. The van der Waals surface area contributed by atoms with Crippen molar-refractivity contribution in [2.45, 2.75) is 13.3 Å². The summed E-state index contributed by atoms with van der Waals surface area (Å²) < 4.78 is 0. The van der Waals surface area contributed by atoms with Gasteiger partial charge in [-0.2, -0.15) is 0 Å². The fraction of sp³-hybridized carbons (Fsp3) is 0.182. The van der Waals surface area contributed by atoms with Gasteiger partial charge in [0.2, 0.25) is 0 Å². The maximum Gasteiger partial charge on any atom is 0.124 e. The number of aldehydes is 1. The van der Waals surface area contributed by atoms with Crippen molar-refractivity contribution >= 4 is 17.6 Å². The van der Waals surface area contributed by atoms with Crippen LogP contribution in [0.1, 0.15) is 10.6 Å². The summed E-state index contributed by atoms with van der Waals surface area (Å²) in [6.07, 6.45) is 4.86. The minimum absolute atomic E-state index is 0.426. The molecule has 0 aliphatic heterocycles. The Labute approximate surface area is 91.8 Å². The van der Waals surface area contributed by atoms with Crippen LogP contribution in [-0.4, -0.2) is 16.3 Å². The van der Waals surface area contributed by atoms with Crippen LogP contribution >= 0.6 is 11.3 Å². The van der Waals surface area contributed by atoms with Crippen LogP contribution in [0.2, 0.25) is 0 Å². The van der Waals surface area contributed by atoms with Gasteiger partial charge in [-0.25, -0.2) is 4.98 Å². The maximum atomic E-state index is 10.3. The van der Waals surface area contributed by atoms with Crippen LogP contribution in [0.5, 0.6) is 0 Å². The molecule has 4 heteroatoms. The molecule has 0 unspecified atom stereocenters. The first-order valence-corrected chi connectivity index (χ1v) is 5.42. The molecule has 76 valence electrons. The fourth-order valence-electron chi connectivity index (χ4n) is 1.27. The van der Waals surface area contributed by atoms with Gasteiger partial charge in [0.1, 0.15) is 6.29 Å². The quantitative estimate of drug-likeness (QED) is 0.742. The van der Waals surface area contributed by atoms with E-state index >= 15 is 0 Å². The first kappa shape index (κ1) is 9.98. The smallest absolute Gasteiger partial charge is 0.124 e. The number of nitrogens with zero attached hydrogens (tertiary/aromatic N) is 2. The van der Waals surface area contributed by atoms with E-state index in [1.165, 1.54) is 0 Å². The van der Waals surface area contributed by atoms with E-state index in [2.05, 4.69) is 9.97 Å². The van der Waals surface area contributed by atoms with Gasteiger partial charge in [0.05, 0.1) is 15.6 Å². The summed E-state index contributed by atoms with van der Waals surface area (Å²) in [7, 11) is 0. The second kappa shape index (κ2) is 4.31. The molecule has 0 amide bonds. The number of hydrogen-bond donors (Lipinski definition) is 0. The highest BCUT2D eigenvalue weighted by Gasteiger charge is 2.02. The number of aryl methyl sites for hydroxylation is 1. The number of aromatic nitrogens is 2. The van der Waals surface area contributed by atoms with E-state index in [-0.39, 0.29) is 0 Å². The lowest BCUT2D eigenvalue weighted by molar-refractivity contribution is -0.107. The Hall–Kier alpha value is -1.55. The molecule has 0 bridgehead atoms. The van der Waals surface area contributed by atoms with E-state index in [0.717, 1.165) is 27.4 Å². The highest BCUT2D eigenvalue weighted by atomic mass is 32.1. The zero-order valence-corrected chi connectivity index (χ0v) is 9.12. The van der Waals surface area contributed by atoms with Gasteiger partial charge in [-0.1, -0.05) is 6.07 Å². The minimum Gasteiger partial charge on any atom is -0.303 e. The molecule has 0 fully saturated rings. The van der Waals surface area contributed by atoms with Crippen LogP contribution < -0.4 is 0 Å². The van der Waals surface area contributed by atoms with Gasteiger partial charge in [-0.05, 0) is 18.6 Å². The Morgan fingerprint density at radius 2 is 2.20 bits per heavy atom. The molecule has 2 rings (SSSR count).